The summed E-state index contributed by atoms with van der Waals surface area (Å²) in [7, 11) is -4.38. The first-order valence-corrected chi connectivity index (χ1v) is 13.8. The van der Waals surface area contributed by atoms with Crippen LogP contribution >= 0.6 is 7.75 Å². The third-order valence-corrected chi connectivity index (χ3v) is 7.82. The molecule has 0 saturated carbocycles. The van der Waals surface area contributed by atoms with E-state index in [0.717, 1.165) is 17.9 Å². The molecule has 0 unspecified atom stereocenters. The highest BCUT2D eigenvalue weighted by Gasteiger charge is 2.68. The van der Waals surface area contributed by atoms with Gasteiger partial charge in [0.05, 0.1) is 24.3 Å². The monoisotopic (exact) mass is 577 g/mol. The minimum Gasteiger partial charge on any atom is -0.462 e. The van der Waals surface area contributed by atoms with Crippen molar-refractivity contribution in [3.8, 4) is 11.8 Å². The fourth-order valence-corrected chi connectivity index (χ4v) is 5.61. The number of nitrogens with one attached hydrogen (secondary N) is 1. The van der Waals surface area contributed by atoms with Crippen LogP contribution in [0.2, 0.25) is 0 Å². The van der Waals surface area contributed by atoms with Crippen LogP contribution in [-0.2, 0) is 29.1 Å². The quantitative estimate of drug-likeness (QED) is 0.234. The van der Waals surface area contributed by atoms with Gasteiger partial charge < -0.3 is 24.8 Å². The van der Waals surface area contributed by atoms with Gasteiger partial charge in [-0.05, 0) is 39.8 Å². The summed E-state index contributed by atoms with van der Waals surface area (Å²) in [5.74, 6) is -0.546. The molecule has 1 aliphatic rings. The highest BCUT2D eigenvalue weighted by Crippen LogP contribution is 2.50. The molecule has 0 spiro atoms. The minimum absolute atomic E-state index is 0.0102. The van der Waals surface area contributed by atoms with Crippen molar-refractivity contribution in [2.24, 2.45) is 0 Å². The molecule has 14 nitrogen and oxygen atoms in total. The maximum Gasteiger partial charge on any atom is 0.459 e. The van der Waals surface area contributed by atoms with Gasteiger partial charge in [0.1, 0.15) is 42.2 Å². The van der Waals surface area contributed by atoms with E-state index < -0.39 is 56.1 Å². The molecule has 2 aromatic heterocycles. The van der Waals surface area contributed by atoms with E-state index in [1.165, 1.54) is 25.3 Å². The summed E-state index contributed by atoms with van der Waals surface area (Å²) >= 11 is 0. The lowest BCUT2D eigenvalue weighted by molar-refractivity contribution is -0.149. The van der Waals surface area contributed by atoms with Crippen LogP contribution in [0.1, 0.15) is 27.7 Å². The molecule has 1 saturated heterocycles. The Hall–Kier alpha value is -3.67. The van der Waals surface area contributed by atoms with Crippen LogP contribution in [-0.4, -0.2) is 67.5 Å². The predicted molar refractivity (Wildman–Crippen MR) is 138 cm³/mol. The smallest absolute Gasteiger partial charge is 0.459 e. The lowest BCUT2D eigenvalue weighted by atomic mass is 9.90. The number of halogens is 1. The van der Waals surface area contributed by atoms with Gasteiger partial charge in [0.15, 0.2) is 11.3 Å². The SMILES string of the molecule is CC(C)OC(=O)[C@@H](C)N[P@](=O)(OC[C@H]1O[C@@](C#N)(n2ncc3c(N)ncnc32)[C@](C)(F)[C@@H]1O)Oc1ccccc1. The molecule has 3 aromatic rings. The van der Waals surface area contributed by atoms with E-state index in [9.17, 15) is 19.7 Å². The summed E-state index contributed by atoms with van der Waals surface area (Å²) in [5.41, 5.74) is 0.553. The number of aliphatic hydroxyl groups is 1. The molecular formula is C24H29FN7O7P. The molecule has 40 heavy (non-hydrogen) atoms. The number of esters is 1. The van der Waals surface area contributed by atoms with Crippen molar-refractivity contribution in [2.75, 3.05) is 12.3 Å². The van der Waals surface area contributed by atoms with Gasteiger partial charge >= 0.3 is 13.7 Å². The summed E-state index contributed by atoms with van der Waals surface area (Å²) in [6.07, 6.45) is -1.59. The van der Waals surface area contributed by atoms with Gasteiger partial charge in [0, 0.05) is 0 Å². The first-order valence-electron chi connectivity index (χ1n) is 12.2. The molecule has 16 heteroatoms. The van der Waals surface area contributed by atoms with Gasteiger partial charge in [-0.2, -0.15) is 20.1 Å². The second-order valence-corrected chi connectivity index (χ2v) is 11.2. The second kappa shape index (κ2) is 11.1. The topological polar surface area (TPSA) is 197 Å². The Labute approximate surface area is 228 Å². The predicted octanol–water partition coefficient (Wildman–Crippen LogP) is 2.21. The van der Waals surface area contributed by atoms with Gasteiger partial charge in [-0.3, -0.25) is 9.32 Å². The highest BCUT2D eigenvalue weighted by molar-refractivity contribution is 7.52. The number of nitrogens with zero attached hydrogens (tertiary/aromatic N) is 5. The standard InChI is InChI=1S/C24H29FN7O7P/c1-14(2)37-22(34)15(3)31-40(35,39-16-8-6-5-7-9-16)36-11-18-19(33)23(4,25)24(12-26,38-18)32-21-17(10-30-32)20(27)28-13-29-21/h5-10,13-15,18-19,33H,11H2,1-4H3,(H,31,35)(H2,27,28,29)/t15-,18-,19-,23-,24-,40+/m1/s1. The van der Waals surface area contributed by atoms with E-state index in [1.54, 1.807) is 38.1 Å². The van der Waals surface area contributed by atoms with Crippen molar-refractivity contribution in [3.05, 3.63) is 42.9 Å². The van der Waals surface area contributed by atoms with Gasteiger partial charge in [0.2, 0.25) is 0 Å². The number of nitrogen functional groups attached to an aromatic ring is 1. The number of hydrogen-bond donors (Lipinski definition) is 3. The second-order valence-electron chi connectivity index (χ2n) is 9.52. The Morgan fingerprint density at radius 3 is 2.70 bits per heavy atom. The van der Waals surface area contributed by atoms with Crippen molar-refractivity contribution in [3.63, 3.8) is 0 Å². The molecule has 1 fully saturated rings. The van der Waals surface area contributed by atoms with E-state index in [1.807, 2.05) is 0 Å². The van der Waals surface area contributed by atoms with Gasteiger partial charge in [-0.1, -0.05) is 18.2 Å². The zero-order valence-corrected chi connectivity index (χ0v) is 23.0. The molecule has 0 bridgehead atoms. The minimum atomic E-state index is -4.38. The first kappa shape index (κ1) is 29.3. The number of carbonyl (C=O) groups excluding carboxylic acids is 1. The van der Waals surface area contributed by atoms with Crippen LogP contribution in [0, 0.1) is 11.3 Å². The van der Waals surface area contributed by atoms with Crippen LogP contribution in [0.5, 0.6) is 5.75 Å². The number of nitrogens with two attached hydrogens (primary N) is 1. The number of ether oxygens (including phenoxy) is 2. The van der Waals surface area contributed by atoms with E-state index in [0.29, 0.717) is 0 Å². The number of nitriles is 1. The lowest BCUT2D eigenvalue weighted by Gasteiger charge is -2.31. The van der Waals surface area contributed by atoms with Gasteiger partial charge in [-0.15, -0.1) is 0 Å². The summed E-state index contributed by atoms with van der Waals surface area (Å²) in [4.78, 5) is 20.3. The van der Waals surface area contributed by atoms with Gasteiger partial charge in [-0.25, -0.2) is 18.9 Å². The normalized spacial score (nSPS) is 26.8. The zero-order valence-electron chi connectivity index (χ0n) is 22.1. The molecule has 0 radical (unpaired) electrons. The summed E-state index contributed by atoms with van der Waals surface area (Å²) < 4.78 is 52.9. The Kier molecular flexibility index (Phi) is 8.11. The van der Waals surface area contributed by atoms with Gasteiger partial charge in [0.25, 0.3) is 5.72 Å². The summed E-state index contributed by atoms with van der Waals surface area (Å²) in [6.45, 7) is 4.94. The molecule has 0 amide bonds. The Morgan fingerprint density at radius 2 is 2.05 bits per heavy atom. The summed E-state index contributed by atoms with van der Waals surface area (Å²) in [5, 5.41) is 27.8. The number of rotatable bonds is 10. The van der Waals surface area contributed by atoms with Crippen LogP contribution < -0.4 is 15.3 Å². The van der Waals surface area contributed by atoms with Crippen molar-refractivity contribution in [2.45, 2.75) is 63.4 Å². The maximum atomic E-state index is 16.2. The zero-order chi connectivity index (χ0) is 29.3. The third kappa shape index (κ3) is 5.36. The Bertz CT molecular complexity index is 1460. The molecule has 0 aliphatic carbocycles. The third-order valence-electron chi connectivity index (χ3n) is 6.17. The number of alkyl halides is 1. The van der Waals surface area contributed by atoms with Crippen molar-refractivity contribution in [1.29, 1.82) is 5.26 Å². The molecule has 4 rings (SSSR count). The van der Waals surface area contributed by atoms with E-state index in [2.05, 4.69) is 20.2 Å². The van der Waals surface area contributed by atoms with Crippen molar-refractivity contribution < 1.29 is 37.4 Å². The molecule has 214 valence electrons. The Balaban J connectivity index is 1.61. The largest absolute Gasteiger partial charge is 0.462 e. The number of benzene rings is 1. The molecular weight excluding hydrogens is 548 g/mol. The Morgan fingerprint density at radius 1 is 1.35 bits per heavy atom. The molecule has 1 aromatic carbocycles. The molecule has 3 heterocycles. The number of anilines is 1. The number of para-hydroxylation sites is 1. The molecule has 6 atom stereocenters. The fraction of sp³-hybridized carbons (Fsp3) is 0.458. The van der Waals surface area contributed by atoms with E-state index in [4.69, 9.17) is 24.3 Å². The summed E-state index contributed by atoms with van der Waals surface area (Å²) in [6, 6.07) is 8.58. The van der Waals surface area contributed by atoms with E-state index >= 15 is 4.39 Å². The van der Waals surface area contributed by atoms with Crippen LogP contribution in [0.3, 0.4) is 0 Å². The number of carbonyl (C=O) groups is 1. The van der Waals surface area contributed by atoms with Crippen molar-refractivity contribution in [1.82, 2.24) is 24.8 Å². The lowest BCUT2D eigenvalue weighted by Crippen LogP contribution is -2.52. The van der Waals surface area contributed by atoms with Crippen LogP contribution in [0.4, 0.5) is 10.2 Å². The van der Waals surface area contributed by atoms with Crippen LogP contribution in [0.15, 0.2) is 42.9 Å². The fourth-order valence-electron chi connectivity index (χ4n) is 4.11. The number of fused-ring (bicyclic) bond motifs is 1. The average Bonchev–Trinajstić information content (AvgIpc) is 3.41. The molecule has 4 N–H and O–H groups in total. The highest BCUT2D eigenvalue weighted by atomic mass is 31.2. The van der Waals surface area contributed by atoms with Crippen LogP contribution in [0.25, 0.3) is 11.0 Å². The maximum absolute atomic E-state index is 16.2. The number of hydrogen-bond acceptors (Lipinski definition) is 12. The van der Waals surface area contributed by atoms with E-state index in [-0.39, 0.29) is 22.6 Å². The number of aliphatic hydroxyl groups excluding tert-OH is 1. The average molecular weight is 578 g/mol. The van der Waals surface area contributed by atoms with Crippen molar-refractivity contribution >= 4 is 30.6 Å². The molecule has 1 aliphatic heterocycles. The number of aromatic nitrogens is 4. The first-order chi connectivity index (χ1) is 18.8.